The maximum Gasteiger partial charge on any atom is 0.433 e. The minimum Gasteiger partial charge on any atom is -0.444 e. The first-order chi connectivity index (χ1) is 12.5. The van der Waals surface area contributed by atoms with Gasteiger partial charge in [-0.15, -0.1) is 0 Å². The third-order valence-electron chi connectivity index (χ3n) is 4.07. The zero-order valence-corrected chi connectivity index (χ0v) is 15.6. The lowest BCUT2D eigenvalue weighted by atomic mass is 10.0. The van der Waals surface area contributed by atoms with Gasteiger partial charge in [0.15, 0.2) is 0 Å². The zero-order chi connectivity index (χ0) is 20.2. The molecule has 0 aliphatic carbocycles. The van der Waals surface area contributed by atoms with Crippen LogP contribution in [0.2, 0.25) is 0 Å². The van der Waals surface area contributed by atoms with E-state index < -0.39 is 23.6 Å². The largest absolute Gasteiger partial charge is 0.444 e. The summed E-state index contributed by atoms with van der Waals surface area (Å²) in [5.41, 5.74) is -1.61. The SMILES string of the molecule is CC(C)(C)OC(=O)NCC1CCCCN1c1nc(C(F)(F)F)ccc1C#N. The molecule has 1 aliphatic rings. The van der Waals surface area contributed by atoms with Crippen molar-refractivity contribution in [3.05, 3.63) is 23.4 Å². The van der Waals surface area contributed by atoms with Gasteiger partial charge < -0.3 is 15.0 Å². The summed E-state index contributed by atoms with van der Waals surface area (Å²) in [6.07, 6.45) is -2.88. The topological polar surface area (TPSA) is 78.2 Å². The smallest absolute Gasteiger partial charge is 0.433 e. The Labute approximate surface area is 156 Å². The van der Waals surface area contributed by atoms with Crippen molar-refractivity contribution in [2.45, 2.75) is 57.9 Å². The fraction of sp³-hybridized carbons (Fsp3) is 0.611. The number of halogens is 3. The molecular formula is C18H23F3N4O2. The number of rotatable bonds is 3. The van der Waals surface area contributed by atoms with E-state index in [9.17, 15) is 23.2 Å². The molecule has 27 heavy (non-hydrogen) atoms. The quantitative estimate of drug-likeness (QED) is 0.856. The number of hydrogen-bond acceptors (Lipinski definition) is 5. The number of anilines is 1. The molecule has 1 aliphatic heterocycles. The van der Waals surface area contributed by atoms with Gasteiger partial charge in [0, 0.05) is 19.1 Å². The third kappa shape index (κ3) is 5.74. The molecular weight excluding hydrogens is 361 g/mol. The van der Waals surface area contributed by atoms with Crippen molar-refractivity contribution in [3.63, 3.8) is 0 Å². The predicted octanol–water partition coefficient (Wildman–Crippen LogP) is 3.86. The van der Waals surface area contributed by atoms with Crippen molar-refractivity contribution >= 4 is 11.9 Å². The standard InChI is InChI=1S/C18H23F3N4O2/c1-17(2,3)27-16(26)23-11-13-6-4-5-9-25(13)15-12(10-22)7-8-14(24-15)18(19,20)21/h7-8,13H,4-6,9,11H2,1-3H3,(H,23,26). The zero-order valence-electron chi connectivity index (χ0n) is 15.6. The second-order valence-electron chi connectivity index (χ2n) is 7.40. The molecule has 0 bridgehead atoms. The summed E-state index contributed by atoms with van der Waals surface area (Å²) in [6.45, 7) is 5.88. The number of hydrogen-bond donors (Lipinski definition) is 1. The molecule has 0 radical (unpaired) electrons. The highest BCUT2D eigenvalue weighted by molar-refractivity contribution is 5.68. The Morgan fingerprint density at radius 2 is 2.07 bits per heavy atom. The molecule has 1 atom stereocenters. The van der Waals surface area contributed by atoms with Gasteiger partial charge in [0.05, 0.1) is 5.56 Å². The molecule has 1 fully saturated rings. The molecule has 1 saturated heterocycles. The van der Waals surface area contributed by atoms with Gasteiger partial charge in [0.1, 0.15) is 23.2 Å². The number of amides is 1. The van der Waals surface area contributed by atoms with Gasteiger partial charge in [-0.05, 0) is 52.2 Å². The number of aromatic nitrogens is 1. The van der Waals surface area contributed by atoms with Crippen LogP contribution in [0.3, 0.4) is 0 Å². The maximum absolute atomic E-state index is 13.0. The summed E-state index contributed by atoms with van der Waals surface area (Å²) >= 11 is 0. The Balaban J connectivity index is 2.22. The van der Waals surface area contributed by atoms with Crippen LogP contribution in [0.15, 0.2) is 12.1 Å². The molecule has 0 aromatic carbocycles. The minimum absolute atomic E-state index is 0.00279. The normalized spacial score (nSPS) is 18.0. The van der Waals surface area contributed by atoms with E-state index in [-0.39, 0.29) is 24.0 Å². The number of pyridine rings is 1. The van der Waals surface area contributed by atoms with Gasteiger partial charge in [-0.2, -0.15) is 18.4 Å². The minimum atomic E-state index is -4.59. The van der Waals surface area contributed by atoms with Crippen LogP contribution < -0.4 is 10.2 Å². The van der Waals surface area contributed by atoms with Crippen molar-refractivity contribution in [1.29, 1.82) is 5.26 Å². The highest BCUT2D eigenvalue weighted by Gasteiger charge is 2.35. The van der Waals surface area contributed by atoms with Crippen LogP contribution in [0.25, 0.3) is 0 Å². The van der Waals surface area contributed by atoms with Crippen LogP contribution in [-0.4, -0.2) is 35.8 Å². The van der Waals surface area contributed by atoms with Crippen molar-refractivity contribution in [3.8, 4) is 6.07 Å². The van der Waals surface area contributed by atoms with E-state index in [4.69, 9.17) is 4.74 Å². The molecule has 1 aromatic heterocycles. The summed E-state index contributed by atoms with van der Waals surface area (Å²) in [5.74, 6) is 0.00279. The third-order valence-corrected chi connectivity index (χ3v) is 4.07. The first-order valence-corrected chi connectivity index (χ1v) is 8.73. The molecule has 0 spiro atoms. The van der Waals surface area contributed by atoms with E-state index in [1.54, 1.807) is 25.7 Å². The lowest BCUT2D eigenvalue weighted by Crippen LogP contribution is -2.48. The summed E-state index contributed by atoms with van der Waals surface area (Å²) in [7, 11) is 0. The second-order valence-corrected chi connectivity index (χ2v) is 7.40. The van der Waals surface area contributed by atoms with Gasteiger partial charge in [0.2, 0.25) is 0 Å². The fourth-order valence-electron chi connectivity index (χ4n) is 2.92. The fourth-order valence-corrected chi connectivity index (χ4v) is 2.92. The van der Waals surface area contributed by atoms with Crippen LogP contribution >= 0.6 is 0 Å². The van der Waals surface area contributed by atoms with E-state index in [2.05, 4.69) is 10.3 Å². The van der Waals surface area contributed by atoms with Crippen LogP contribution in [0.4, 0.5) is 23.8 Å². The molecule has 148 valence electrons. The van der Waals surface area contributed by atoms with Crippen LogP contribution in [0.5, 0.6) is 0 Å². The summed E-state index contributed by atoms with van der Waals surface area (Å²) < 4.78 is 44.3. The second kappa shape index (κ2) is 8.03. The number of alkyl halides is 3. The number of nitrogens with zero attached hydrogens (tertiary/aromatic N) is 3. The van der Waals surface area contributed by atoms with Gasteiger partial charge in [-0.25, -0.2) is 9.78 Å². The molecule has 2 heterocycles. The van der Waals surface area contributed by atoms with E-state index in [1.165, 1.54) is 0 Å². The Bertz CT molecular complexity index is 723. The van der Waals surface area contributed by atoms with Crippen LogP contribution in [0, 0.1) is 11.3 Å². The lowest BCUT2D eigenvalue weighted by molar-refractivity contribution is -0.141. The molecule has 1 N–H and O–H groups in total. The Hall–Kier alpha value is -2.50. The van der Waals surface area contributed by atoms with E-state index in [1.807, 2.05) is 6.07 Å². The van der Waals surface area contributed by atoms with Gasteiger partial charge in [-0.1, -0.05) is 0 Å². The van der Waals surface area contributed by atoms with Gasteiger partial charge >= 0.3 is 12.3 Å². The molecule has 9 heteroatoms. The highest BCUT2D eigenvalue weighted by Crippen LogP contribution is 2.32. The average Bonchev–Trinajstić information content (AvgIpc) is 2.57. The molecule has 6 nitrogen and oxygen atoms in total. The van der Waals surface area contributed by atoms with Gasteiger partial charge in [0.25, 0.3) is 0 Å². The molecule has 2 rings (SSSR count). The van der Waals surface area contributed by atoms with Crippen LogP contribution in [0.1, 0.15) is 51.3 Å². The van der Waals surface area contributed by atoms with Crippen molar-refractivity contribution in [2.75, 3.05) is 18.0 Å². The molecule has 0 saturated carbocycles. The number of piperidine rings is 1. The summed E-state index contributed by atoms with van der Waals surface area (Å²) in [5, 5.41) is 11.9. The van der Waals surface area contributed by atoms with Crippen molar-refractivity contribution in [1.82, 2.24) is 10.3 Å². The van der Waals surface area contributed by atoms with E-state index >= 15 is 0 Å². The molecule has 1 amide bonds. The number of nitrogens with one attached hydrogen (secondary N) is 1. The van der Waals surface area contributed by atoms with Crippen molar-refractivity contribution < 1.29 is 22.7 Å². The number of carbonyl (C=O) groups excluding carboxylic acids is 1. The highest BCUT2D eigenvalue weighted by atomic mass is 19.4. The lowest BCUT2D eigenvalue weighted by Gasteiger charge is -2.37. The van der Waals surface area contributed by atoms with Crippen molar-refractivity contribution in [2.24, 2.45) is 0 Å². The Morgan fingerprint density at radius 1 is 1.37 bits per heavy atom. The summed E-state index contributed by atoms with van der Waals surface area (Å²) in [4.78, 5) is 17.3. The number of alkyl carbamates (subject to hydrolysis) is 1. The predicted molar refractivity (Wildman–Crippen MR) is 93.2 cm³/mol. The van der Waals surface area contributed by atoms with E-state index in [0.29, 0.717) is 13.0 Å². The van der Waals surface area contributed by atoms with Gasteiger partial charge in [-0.3, -0.25) is 0 Å². The average molecular weight is 384 g/mol. The molecule has 1 aromatic rings. The van der Waals surface area contributed by atoms with Crippen LogP contribution in [-0.2, 0) is 10.9 Å². The summed E-state index contributed by atoms with van der Waals surface area (Å²) in [6, 6.07) is 3.58. The Morgan fingerprint density at radius 3 is 2.67 bits per heavy atom. The number of nitriles is 1. The monoisotopic (exact) mass is 384 g/mol. The maximum atomic E-state index is 13.0. The molecule has 1 unspecified atom stereocenters. The number of ether oxygens (including phenoxy) is 1. The first-order valence-electron chi connectivity index (χ1n) is 8.73. The number of carbonyl (C=O) groups is 1. The first kappa shape index (κ1) is 20.8. The Kier molecular flexibility index (Phi) is 6.19. The van der Waals surface area contributed by atoms with E-state index in [0.717, 1.165) is 25.0 Å².